The molecule has 21 heavy (non-hydrogen) atoms. The van der Waals surface area contributed by atoms with Gasteiger partial charge in [0.05, 0.1) is 6.04 Å². The van der Waals surface area contributed by atoms with Gasteiger partial charge in [0.1, 0.15) is 28.6 Å². The van der Waals surface area contributed by atoms with Crippen LogP contribution in [0.25, 0.3) is 0 Å². The van der Waals surface area contributed by atoms with E-state index in [2.05, 4.69) is 45.1 Å². The van der Waals surface area contributed by atoms with Gasteiger partial charge in [-0.3, -0.25) is 0 Å². The summed E-state index contributed by atoms with van der Waals surface area (Å²) in [4.78, 5) is 8.75. The smallest absolute Gasteiger partial charge is 0.131 e. The van der Waals surface area contributed by atoms with Crippen LogP contribution in [0.5, 0.6) is 5.75 Å². The van der Waals surface area contributed by atoms with E-state index >= 15 is 0 Å². The van der Waals surface area contributed by atoms with Crippen LogP contribution in [0, 0.1) is 6.92 Å². The van der Waals surface area contributed by atoms with Crippen molar-refractivity contribution >= 4 is 21.7 Å². The minimum Gasteiger partial charge on any atom is -0.491 e. The van der Waals surface area contributed by atoms with Gasteiger partial charge < -0.3 is 10.1 Å². The Hall–Kier alpha value is -1.62. The van der Waals surface area contributed by atoms with Crippen LogP contribution < -0.4 is 10.1 Å². The Morgan fingerprint density at radius 3 is 2.62 bits per heavy atom. The third-order valence-corrected chi connectivity index (χ3v) is 3.38. The van der Waals surface area contributed by atoms with Gasteiger partial charge in [-0.15, -0.1) is 0 Å². The summed E-state index contributed by atoms with van der Waals surface area (Å²) in [6.45, 7) is 6.74. The molecule has 2 aromatic rings. The summed E-state index contributed by atoms with van der Waals surface area (Å²) in [6.07, 6.45) is 0.808. The lowest BCUT2D eigenvalue weighted by molar-refractivity contribution is 0.303. The van der Waals surface area contributed by atoms with Crippen molar-refractivity contribution in [1.29, 1.82) is 0 Å². The lowest BCUT2D eigenvalue weighted by atomic mass is 10.2. The van der Waals surface area contributed by atoms with Gasteiger partial charge in [-0.1, -0.05) is 24.6 Å². The Morgan fingerprint density at radius 2 is 1.95 bits per heavy atom. The van der Waals surface area contributed by atoms with Crippen LogP contribution in [0.4, 0.5) is 5.82 Å². The second kappa shape index (κ2) is 7.41. The highest BCUT2D eigenvalue weighted by Crippen LogP contribution is 2.15. The zero-order valence-corrected chi connectivity index (χ0v) is 14.1. The maximum Gasteiger partial charge on any atom is 0.131 e. The summed E-state index contributed by atoms with van der Waals surface area (Å²) in [5.74, 6) is 2.51. The summed E-state index contributed by atoms with van der Waals surface area (Å²) in [5.41, 5.74) is 1.23. The molecule has 1 atom stereocenters. The van der Waals surface area contributed by atoms with E-state index in [9.17, 15) is 0 Å². The molecule has 112 valence electrons. The zero-order chi connectivity index (χ0) is 15.2. The molecule has 0 aliphatic carbocycles. The van der Waals surface area contributed by atoms with Crippen molar-refractivity contribution in [3.63, 3.8) is 0 Å². The Bertz CT molecular complexity index is 587. The predicted molar refractivity (Wildman–Crippen MR) is 88.9 cm³/mol. The first-order valence-corrected chi connectivity index (χ1v) is 7.85. The van der Waals surface area contributed by atoms with Crippen molar-refractivity contribution in [2.24, 2.45) is 0 Å². The quantitative estimate of drug-likeness (QED) is 0.801. The number of aryl methyl sites for hydroxylation is 2. The zero-order valence-electron chi connectivity index (χ0n) is 12.6. The van der Waals surface area contributed by atoms with Crippen LogP contribution in [-0.2, 0) is 6.42 Å². The molecular weight excluding hydrogens is 330 g/mol. The largest absolute Gasteiger partial charge is 0.491 e. The summed E-state index contributed by atoms with van der Waals surface area (Å²) in [5, 5.41) is 3.33. The normalized spacial score (nSPS) is 12.0. The van der Waals surface area contributed by atoms with Crippen LogP contribution in [0.1, 0.15) is 25.2 Å². The molecule has 0 saturated carbocycles. The molecule has 0 spiro atoms. The second-order valence-corrected chi connectivity index (χ2v) is 5.83. The highest BCUT2D eigenvalue weighted by Gasteiger charge is 2.07. The molecule has 1 aromatic heterocycles. The van der Waals surface area contributed by atoms with Gasteiger partial charge >= 0.3 is 0 Å². The number of hydrogen-bond donors (Lipinski definition) is 1. The van der Waals surface area contributed by atoms with E-state index in [4.69, 9.17) is 4.74 Å². The highest BCUT2D eigenvalue weighted by atomic mass is 79.9. The number of nitrogens with one attached hydrogen (secondary N) is 1. The third-order valence-electron chi connectivity index (χ3n) is 2.97. The standard InChI is InChI=1S/C16H20BrN3O/c1-4-15-19-14(17)9-16(20-15)18-12(3)10-21-13-7-5-11(2)6-8-13/h5-9,12H,4,10H2,1-3H3,(H,18,19,20). The Labute approximate surface area is 134 Å². The van der Waals surface area contributed by atoms with E-state index in [0.717, 1.165) is 28.4 Å². The van der Waals surface area contributed by atoms with E-state index in [1.807, 2.05) is 37.3 Å². The summed E-state index contributed by atoms with van der Waals surface area (Å²) in [7, 11) is 0. The number of nitrogens with zero attached hydrogens (tertiary/aromatic N) is 2. The summed E-state index contributed by atoms with van der Waals surface area (Å²) in [6, 6.07) is 10.1. The Kier molecular flexibility index (Phi) is 5.56. The van der Waals surface area contributed by atoms with E-state index < -0.39 is 0 Å². The van der Waals surface area contributed by atoms with Crippen LogP contribution >= 0.6 is 15.9 Å². The minimum atomic E-state index is 0.151. The monoisotopic (exact) mass is 349 g/mol. The first kappa shape index (κ1) is 15.8. The Morgan fingerprint density at radius 1 is 1.24 bits per heavy atom. The minimum absolute atomic E-state index is 0.151. The lowest BCUT2D eigenvalue weighted by Gasteiger charge is -2.16. The lowest BCUT2D eigenvalue weighted by Crippen LogP contribution is -2.24. The van der Waals surface area contributed by atoms with Crippen LogP contribution in [0.15, 0.2) is 34.9 Å². The molecule has 5 heteroatoms. The van der Waals surface area contributed by atoms with Gasteiger partial charge in [-0.05, 0) is 41.9 Å². The fourth-order valence-electron chi connectivity index (χ4n) is 1.85. The molecule has 0 bridgehead atoms. The molecule has 0 aliphatic heterocycles. The van der Waals surface area contributed by atoms with Gasteiger partial charge in [-0.25, -0.2) is 9.97 Å². The molecule has 2 rings (SSSR count). The van der Waals surface area contributed by atoms with Gasteiger partial charge in [-0.2, -0.15) is 0 Å². The first-order chi connectivity index (χ1) is 10.1. The molecule has 4 nitrogen and oxygen atoms in total. The molecule has 0 saturated heterocycles. The molecule has 0 aliphatic rings. The number of benzene rings is 1. The highest BCUT2D eigenvalue weighted by molar-refractivity contribution is 9.10. The van der Waals surface area contributed by atoms with Crippen LogP contribution in [-0.4, -0.2) is 22.6 Å². The molecule has 0 fully saturated rings. The molecule has 1 N–H and O–H groups in total. The number of aromatic nitrogens is 2. The molecule has 0 radical (unpaired) electrons. The number of ether oxygens (including phenoxy) is 1. The number of halogens is 1. The van der Waals surface area contributed by atoms with Crippen LogP contribution in [0.3, 0.4) is 0 Å². The maximum absolute atomic E-state index is 5.76. The fourth-order valence-corrected chi connectivity index (χ4v) is 2.27. The Balaban J connectivity index is 1.90. The van der Waals surface area contributed by atoms with Crippen molar-refractivity contribution in [1.82, 2.24) is 9.97 Å². The molecular formula is C16H20BrN3O. The van der Waals surface area contributed by atoms with Gasteiger partial charge in [0.25, 0.3) is 0 Å². The van der Waals surface area contributed by atoms with Crippen LogP contribution in [0.2, 0.25) is 0 Å². The average molecular weight is 350 g/mol. The number of hydrogen-bond acceptors (Lipinski definition) is 4. The van der Waals surface area contributed by atoms with E-state index in [1.54, 1.807) is 0 Å². The second-order valence-electron chi connectivity index (χ2n) is 5.02. The third kappa shape index (κ3) is 5.01. The van der Waals surface area contributed by atoms with Gasteiger partial charge in [0.2, 0.25) is 0 Å². The number of rotatable bonds is 6. The van der Waals surface area contributed by atoms with Gasteiger partial charge in [0, 0.05) is 12.5 Å². The van der Waals surface area contributed by atoms with E-state index in [0.29, 0.717) is 6.61 Å². The predicted octanol–water partition coefficient (Wildman–Crippen LogP) is 3.99. The molecule has 1 aromatic carbocycles. The van der Waals surface area contributed by atoms with Crippen molar-refractivity contribution in [2.45, 2.75) is 33.2 Å². The van der Waals surface area contributed by atoms with Crippen molar-refractivity contribution in [3.8, 4) is 5.75 Å². The average Bonchev–Trinajstić information content (AvgIpc) is 2.46. The first-order valence-electron chi connectivity index (χ1n) is 7.06. The van der Waals surface area contributed by atoms with Crippen molar-refractivity contribution < 1.29 is 4.74 Å². The summed E-state index contributed by atoms with van der Waals surface area (Å²) < 4.78 is 6.56. The fraction of sp³-hybridized carbons (Fsp3) is 0.375. The molecule has 0 amide bonds. The number of anilines is 1. The van der Waals surface area contributed by atoms with Crippen molar-refractivity contribution in [2.75, 3.05) is 11.9 Å². The molecule has 1 heterocycles. The van der Waals surface area contributed by atoms with E-state index in [1.165, 1.54) is 5.56 Å². The SMILES string of the molecule is CCc1nc(Br)cc(NC(C)COc2ccc(C)cc2)n1. The van der Waals surface area contributed by atoms with Crippen molar-refractivity contribution in [3.05, 3.63) is 46.3 Å². The summed E-state index contributed by atoms with van der Waals surface area (Å²) >= 11 is 3.40. The topological polar surface area (TPSA) is 47.0 Å². The molecule has 1 unspecified atom stereocenters. The van der Waals surface area contributed by atoms with Gasteiger partial charge in [0.15, 0.2) is 0 Å². The van der Waals surface area contributed by atoms with E-state index in [-0.39, 0.29) is 6.04 Å². The maximum atomic E-state index is 5.76.